The fourth-order valence-corrected chi connectivity index (χ4v) is 1.89. The molecule has 0 spiro atoms. The van der Waals surface area contributed by atoms with Crippen molar-refractivity contribution in [2.75, 3.05) is 0 Å². The minimum atomic E-state index is -0.494. The van der Waals surface area contributed by atoms with Crippen LogP contribution in [0.25, 0.3) is 6.08 Å². The molecule has 3 heterocycles. The minimum Gasteiger partial charge on any atom is -0.376 e. The normalized spacial score (nSPS) is 21.7. The van der Waals surface area contributed by atoms with Crippen LogP contribution in [0.1, 0.15) is 27.7 Å². The quantitative estimate of drug-likeness (QED) is 0.578. The van der Waals surface area contributed by atoms with E-state index in [1.807, 2.05) is 6.08 Å². The highest BCUT2D eigenvalue weighted by molar-refractivity contribution is 6.11. The van der Waals surface area contributed by atoms with Gasteiger partial charge in [-0.1, -0.05) is 0 Å². The molecule has 2 amide bonds. The van der Waals surface area contributed by atoms with E-state index in [4.69, 9.17) is 0 Å². The molecule has 0 aromatic carbocycles. The first-order valence-corrected chi connectivity index (χ1v) is 4.54. The predicted molar refractivity (Wildman–Crippen MR) is 51.6 cm³/mol. The zero-order valence-corrected chi connectivity index (χ0v) is 7.65. The largest absolute Gasteiger partial charge is 0.376 e. The molecule has 0 saturated heterocycles. The Morgan fingerprint density at radius 2 is 2.20 bits per heavy atom. The number of rotatable bonds is 0. The second kappa shape index (κ2) is 2.66. The summed E-state index contributed by atoms with van der Waals surface area (Å²) in [5.41, 5.74) is 1.87. The Bertz CT molecular complexity index is 507. The number of hydrogen-bond donors (Lipinski definition) is 2. The molecule has 1 aromatic heterocycles. The van der Waals surface area contributed by atoms with E-state index < -0.39 is 11.9 Å². The summed E-state index contributed by atoms with van der Waals surface area (Å²) in [4.78, 5) is 27.0. The first kappa shape index (κ1) is 8.16. The third kappa shape index (κ3) is 0.999. The number of carbonyl (C=O) groups excluding carboxylic acids is 2. The van der Waals surface area contributed by atoms with Crippen LogP contribution in [-0.2, 0) is 4.79 Å². The van der Waals surface area contributed by atoms with E-state index in [1.54, 1.807) is 18.5 Å². The van der Waals surface area contributed by atoms with Gasteiger partial charge in [-0.15, -0.1) is 0 Å². The van der Waals surface area contributed by atoms with Crippen molar-refractivity contribution in [3.63, 3.8) is 0 Å². The molecular weight excluding hydrogens is 194 g/mol. The van der Waals surface area contributed by atoms with Gasteiger partial charge in [-0.3, -0.25) is 19.9 Å². The van der Waals surface area contributed by atoms with E-state index in [1.165, 1.54) is 0 Å². The molecular formula is C10H7N3O2. The van der Waals surface area contributed by atoms with Gasteiger partial charge in [-0.25, -0.2) is 0 Å². The summed E-state index contributed by atoms with van der Waals surface area (Å²) < 4.78 is 0. The van der Waals surface area contributed by atoms with Gasteiger partial charge in [0.05, 0.1) is 0 Å². The van der Waals surface area contributed by atoms with Crippen molar-refractivity contribution in [3.8, 4) is 0 Å². The van der Waals surface area contributed by atoms with Crippen molar-refractivity contribution in [2.24, 2.45) is 0 Å². The van der Waals surface area contributed by atoms with Crippen LogP contribution in [0.3, 0.4) is 0 Å². The third-order valence-corrected chi connectivity index (χ3v) is 2.55. The van der Waals surface area contributed by atoms with Gasteiger partial charge in [0, 0.05) is 11.8 Å². The number of carbonyl (C=O) groups is 2. The fourth-order valence-electron chi connectivity index (χ4n) is 1.89. The van der Waals surface area contributed by atoms with Gasteiger partial charge >= 0.3 is 0 Å². The number of pyridine rings is 1. The van der Waals surface area contributed by atoms with Crippen LogP contribution in [0, 0.1) is 0 Å². The summed E-state index contributed by atoms with van der Waals surface area (Å²) in [5.74, 6) is -0.753. The van der Waals surface area contributed by atoms with Gasteiger partial charge in [-0.2, -0.15) is 0 Å². The number of imide groups is 1. The summed E-state index contributed by atoms with van der Waals surface area (Å²) in [6, 6.07) is 1.29. The molecule has 2 aliphatic rings. The lowest BCUT2D eigenvalue weighted by atomic mass is 9.93. The average molecular weight is 201 g/mol. The first-order chi connectivity index (χ1) is 7.27. The molecule has 1 unspecified atom stereocenters. The van der Waals surface area contributed by atoms with Crippen molar-refractivity contribution in [1.29, 1.82) is 0 Å². The SMILES string of the molecule is O=C1NC(=O)C2NC=Cc3ccnc1c32. The third-order valence-electron chi connectivity index (χ3n) is 2.55. The molecule has 0 aliphatic carbocycles. The summed E-state index contributed by atoms with van der Waals surface area (Å²) >= 11 is 0. The molecule has 5 heteroatoms. The van der Waals surface area contributed by atoms with E-state index in [0.29, 0.717) is 11.3 Å². The molecule has 0 bridgehead atoms. The van der Waals surface area contributed by atoms with Crippen molar-refractivity contribution >= 4 is 17.9 Å². The van der Waals surface area contributed by atoms with Crippen LogP contribution >= 0.6 is 0 Å². The molecule has 5 nitrogen and oxygen atoms in total. The molecule has 1 atom stereocenters. The van der Waals surface area contributed by atoms with Gasteiger partial charge in [0.2, 0.25) is 0 Å². The molecule has 15 heavy (non-hydrogen) atoms. The maximum atomic E-state index is 11.5. The van der Waals surface area contributed by atoms with Crippen molar-refractivity contribution < 1.29 is 9.59 Å². The zero-order valence-electron chi connectivity index (χ0n) is 7.65. The van der Waals surface area contributed by atoms with E-state index in [9.17, 15) is 9.59 Å². The fraction of sp³-hybridized carbons (Fsp3) is 0.100. The molecule has 0 saturated carbocycles. The lowest BCUT2D eigenvalue weighted by Gasteiger charge is -2.27. The van der Waals surface area contributed by atoms with E-state index in [0.717, 1.165) is 5.56 Å². The Hall–Kier alpha value is -2.17. The monoisotopic (exact) mass is 201 g/mol. The summed E-state index contributed by atoms with van der Waals surface area (Å²) in [6.07, 6.45) is 5.09. The zero-order chi connectivity index (χ0) is 10.4. The van der Waals surface area contributed by atoms with Crippen molar-refractivity contribution in [3.05, 3.63) is 35.3 Å². The van der Waals surface area contributed by atoms with Gasteiger partial charge in [-0.05, 0) is 23.9 Å². The average Bonchev–Trinajstić information content (AvgIpc) is 2.25. The Balaban J connectivity index is 2.32. The smallest absolute Gasteiger partial charge is 0.276 e. The molecule has 0 radical (unpaired) electrons. The lowest BCUT2D eigenvalue weighted by molar-refractivity contribution is -0.122. The van der Waals surface area contributed by atoms with E-state index in [2.05, 4.69) is 15.6 Å². The standard InChI is InChI=1S/C10H7N3O2/c14-9-7-6-5(1-3-11-7)2-4-12-8(6)10(15)13-9/h1-4,7,11H,(H,13,14,15). The number of hydrogen-bond acceptors (Lipinski definition) is 4. The maximum Gasteiger partial charge on any atom is 0.276 e. The lowest BCUT2D eigenvalue weighted by Crippen LogP contribution is -2.46. The highest BCUT2D eigenvalue weighted by Gasteiger charge is 2.35. The number of amides is 2. The second-order valence-corrected chi connectivity index (χ2v) is 3.41. The second-order valence-electron chi connectivity index (χ2n) is 3.41. The van der Waals surface area contributed by atoms with Crippen LogP contribution in [0.5, 0.6) is 0 Å². The summed E-state index contributed by atoms with van der Waals surface area (Å²) in [7, 11) is 0. The van der Waals surface area contributed by atoms with Crippen LogP contribution in [0.2, 0.25) is 0 Å². The molecule has 1 aromatic rings. The number of nitrogens with zero attached hydrogens (tertiary/aromatic N) is 1. The Morgan fingerprint density at radius 1 is 1.33 bits per heavy atom. The Morgan fingerprint density at radius 3 is 3.07 bits per heavy atom. The first-order valence-electron chi connectivity index (χ1n) is 4.54. The molecule has 74 valence electrons. The van der Waals surface area contributed by atoms with Crippen LogP contribution in [-0.4, -0.2) is 16.8 Å². The summed E-state index contributed by atoms with van der Waals surface area (Å²) in [5, 5.41) is 5.16. The van der Waals surface area contributed by atoms with Crippen LogP contribution in [0.15, 0.2) is 18.5 Å². The number of nitrogens with one attached hydrogen (secondary N) is 2. The van der Waals surface area contributed by atoms with Crippen LogP contribution < -0.4 is 10.6 Å². The van der Waals surface area contributed by atoms with Gasteiger partial charge in [0.25, 0.3) is 11.8 Å². The van der Waals surface area contributed by atoms with E-state index >= 15 is 0 Å². The van der Waals surface area contributed by atoms with Crippen molar-refractivity contribution in [2.45, 2.75) is 6.04 Å². The topological polar surface area (TPSA) is 71.1 Å². The maximum absolute atomic E-state index is 11.5. The van der Waals surface area contributed by atoms with Crippen LogP contribution in [0.4, 0.5) is 0 Å². The molecule has 2 aliphatic heterocycles. The minimum absolute atomic E-state index is 0.328. The Kier molecular flexibility index (Phi) is 1.45. The predicted octanol–water partition coefficient (Wildman–Crippen LogP) is -0.0334. The van der Waals surface area contributed by atoms with Gasteiger partial charge < -0.3 is 5.32 Å². The van der Waals surface area contributed by atoms with Gasteiger partial charge in [0.1, 0.15) is 11.7 Å². The van der Waals surface area contributed by atoms with Gasteiger partial charge in [0.15, 0.2) is 0 Å². The van der Waals surface area contributed by atoms with Crippen molar-refractivity contribution in [1.82, 2.24) is 15.6 Å². The highest BCUT2D eigenvalue weighted by Crippen LogP contribution is 2.28. The number of aromatic nitrogens is 1. The molecule has 2 N–H and O–H groups in total. The highest BCUT2D eigenvalue weighted by atomic mass is 16.2. The van der Waals surface area contributed by atoms with E-state index in [-0.39, 0.29) is 5.91 Å². The summed E-state index contributed by atoms with van der Waals surface area (Å²) in [6.45, 7) is 0. The molecule has 3 rings (SSSR count). The Labute approximate surface area is 85.2 Å². The molecule has 0 fully saturated rings.